The summed E-state index contributed by atoms with van der Waals surface area (Å²) in [5, 5.41) is 42.0. The summed E-state index contributed by atoms with van der Waals surface area (Å²) < 4.78 is 21.3. The predicted molar refractivity (Wildman–Crippen MR) is 208 cm³/mol. The Hall–Kier alpha value is -7.50. The Bertz CT molecular complexity index is 2790. The summed E-state index contributed by atoms with van der Waals surface area (Å²) in [6.45, 7) is 13.2. The van der Waals surface area contributed by atoms with E-state index in [4.69, 9.17) is 18.3 Å². The van der Waals surface area contributed by atoms with Crippen molar-refractivity contribution < 1.29 is 48.0 Å². The summed E-state index contributed by atoms with van der Waals surface area (Å²) in [6.07, 6.45) is 0. The molecule has 0 aliphatic heterocycles. The van der Waals surface area contributed by atoms with Crippen molar-refractivity contribution in [3.63, 3.8) is 0 Å². The van der Waals surface area contributed by atoms with Crippen LogP contribution in [-0.2, 0) is 9.59 Å². The maximum absolute atomic E-state index is 12.7. The molecule has 0 bridgehead atoms. The molecule has 4 aromatic carbocycles. The Balaban J connectivity index is 0.000000240. The molecule has 0 spiro atoms. The Morgan fingerprint density at radius 1 is 0.655 bits per heavy atom. The molecule has 0 unspecified atom stereocenters. The van der Waals surface area contributed by atoms with Gasteiger partial charge in [-0.3, -0.25) is 29.8 Å². The lowest BCUT2D eigenvalue weighted by atomic mass is 9.97. The van der Waals surface area contributed by atoms with Crippen molar-refractivity contribution in [1.82, 2.24) is 9.97 Å². The summed E-state index contributed by atoms with van der Waals surface area (Å²) in [6, 6.07) is 14.3. The molecule has 18 heteroatoms. The fraction of sp³-hybridized carbons (Fsp3) is 0.250. The molecular formula is C40H36N4O14. The minimum atomic E-state index is -1.00. The predicted octanol–water partition coefficient (Wildman–Crippen LogP) is 7.46. The molecule has 0 amide bonds. The van der Waals surface area contributed by atoms with Crippen LogP contribution in [-0.4, -0.2) is 42.0 Å². The first kappa shape index (κ1) is 41.7. The van der Waals surface area contributed by atoms with Gasteiger partial charge in [0.05, 0.1) is 20.7 Å². The summed E-state index contributed by atoms with van der Waals surface area (Å²) >= 11 is 0. The van der Waals surface area contributed by atoms with Crippen molar-refractivity contribution in [3.05, 3.63) is 113 Å². The van der Waals surface area contributed by atoms with Crippen LogP contribution in [0.15, 0.2) is 79.1 Å². The zero-order valence-corrected chi connectivity index (χ0v) is 32.4. The molecule has 6 aromatic rings. The summed E-state index contributed by atoms with van der Waals surface area (Å²) in [7, 11) is 0. The number of phenols is 2. The number of aromatic hydroxyl groups is 2. The van der Waals surface area contributed by atoms with Crippen LogP contribution >= 0.6 is 0 Å². The number of benzene rings is 4. The fourth-order valence-corrected chi connectivity index (χ4v) is 5.01. The van der Waals surface area contributed by atoms with Crippen LogP contribution in [0.5, 0.6) is 23.0 Å². The number of phenolic OH excluding ortho intramolecular Hbond substituents is 2. The van der Waals surface area contributed by atoms with Gasteiger partial charge in [0.2, 0.25) is 5.75 Å². The maximum Gasteiger partial charge on any atom is 0.363 e. The lowest BCUT2D eigenvalue weighted by molar-refractivity contribution is -0.386. The highest BCUT2D eigenvalue weighted by Gasteiger charge is 2.34. The van der Waals surface area contributed by atoms with Gasteiger partial charge >= 0.3 is 34.6 Å². The van der Waals surface area contributed by atoms with Gasteiger partial charge < -0.3 is 28.5 Å². The van der Waals surface area contributed by atoms with Crippen LogP contribution in [0.25, 0.3) is 44.7 Å². The van der Waals surface area contributed by atoms with Crippen molar-refractivity contribution in [3.8, 4) is 45.5 Å². The number of esters is 2. The van der Waals surface area contributed by atoms with Crippen molar-refractivity contribution in [2.75, 3.05) is 0 Å². The Kier molecular flexibility index (Phi) is 11.2. The summed E-state index contributed by atoms with van der Waals surface area (Å²) in [5.74, 6) is -4.04. The van der Waals surface area contributed by atoms with Gasteiger partial charge in [0.15, 0.2) is 34.1 Å². The largest absolute Gasteiger partial charge is 0.504 e. The number of rotatable bonds is 6. The first-order valence-corrected chi connectivity index (χ1v) is 17.3. The third kappa shape index (κ3) is 8.96. The van der Waals surface area contributed by atoms with E-state index in [1.807, 2.05) is 13.8 Å². The summed E-state index contributed by atoms with van der Waals surface area (Å²) in [5.41, 5.74) is -2.49. The van der Waals surface area contributed by atoms with E-state index in [-0.39, 0.29) is 33.7 Å². The molecule has 6 rings (SSSR count). The number of hydrogen-bond acceptors (Lipinski definition) is 16. The first-order valence-electron chi connectivity index (χ1n) is 17.3. The smallest absolute Gasteiger partial charge is 0.363 e. The van der Waals surface area contributed by atoms with Gasteiger partial charge in [-0.05, 0) is 103 Å². The lowest BCUT2D eigenvalue weighted by Crippen LogP contribution is -2.28. The number of nitro groups is 2. The van der Waals surface area contributed by atoms with Gasteiger partial charge in [-0.2, -0.15) is 0 Å². The van der Waals surface area contributed by atoms with Gasteiger partial charge in [-0.25, -0.2) is 19.6 Å². The Morgan fingerprint density at radius 3 is 1.53 bits per heavy atom. The van der Waals surface area contributed by atoms with E-state index in [1.165, 1.54) is 6.07 Å². The second kappa shape index (κ2) is 15.6. The molecule has 0 radical (unpaired) electrons. The molecule has 0 aliphatic rings. The Labute approximate surface area is 327 Å². The quantitative estimate of drug-likeness (QED) is 0.0544. The zero-order valence-electron chi connectivity index (χ0n) is 32.4. The highest BCUT2D eigenvalue weighted by Crippen LogP contribution is 2.43. The number of fused-ring (bicyclic) bond motifs is 2. The molecule has 0 aliphatic carbocycles. The molecule has 58 heavy (non-hydrogen) atoms. The molecule has 300 valence electrons. The number of nitro benzene ring substituents is 2. The third-order valence-corrected chi connectivity index (χ3v) is 8.15. The molecule has 2 aromatic heterocycles. The number of hydrogen-bond donors (Lipinski definition) is 2. The van der Waals surface area contributed by atoms with Crippen molar-refractivity contribution >= 4 is 45.5 Å². The molecule has 2 heterocycles. The van der Waals surface area contributed by atoms with E-state index in [2.05, 4.69) is 9.97 Å². The average molecular weight is 797 g/mol. The van der Waals surface area contributed by atoms with Crippen LogP contribution in [0.1, 0.15) is 52.7 Å². The summed E-state index contributed by atoms with van der Waals surface area (Å²) in [4.78, 5) is 79.7. The number of nitrogens with zero attached hydrogens (tertiary/aromatic N) is 4. The van der Waals surface area contributed by atoms with Gasteiger partial charge in [0.1, 0.15) is 11.0 Å². The minimum absolute atomic E-state index is 0.0239. The highest BCUT2D eigenvalue weighted by molar-refractivity contribution is 5.85. The molecule has 2 N–H and O–H groups in total. The number of aromatic nitrogens is 2. The highest BCUT2D eigenvalue weighted by atomic mass is 16.6. The number of aryl methyl sites for hydroxylation is 2. The minimum Gasteiger partial charge on any atom is -0.504 e. The van der Waals surface area contributed by atoms with Crippen molar-refractivity contribution in [2.45, 2.75) is 55.4 Å². The van der Waals surface area contributed by atoms with Crippen LogP contribution in [0, 0.1) is 44.9 Å². The standard InChI is InChI=1S/C25H26N2O8.C15H10N2O6/c1-13-8-9-17-15(10-13)26-19(21(28)33-17)14-11-16(27(31)32)20(35-23(30)25(5,6)7)18(12-14)34-22(29)24(2,3)4;1-7-2-3-12-9(4-7)16-13(15(20)23-12)8-5-10(17(21)22)14(19)11(18)6-8/h8-12H,1-7H3;2-6,18-19H,1H3. The van der Waals surface area contributed by atoms with Gasteiger partial charge in [-0.15, -0.1) is 0 Å². The molecule has 0 atom stereocenters. The molecule has 0 saturated heterocycles. The average Bonchev–Trinajstić information content (AvgIpc) is 3.12. The van der Waals surface area contributed by atoms with Crippen LogP contribution in [0.3, 0.4) is 0 Å². The third-order valence-electron chi connectivity index (χ3n) is 8.15. The van der Waals surface area contributed by atoms with Crippen LogP contribution in [0.2, 0.25) is 0 Å². The molecular weight excluding hydrogens is 760 g/mol. The lowest BCUT2D eigenvalue weighted by Gasteiger charge is -2.20. The van der Waals surface area contributed by atoms with Gasteiger partial charge in [0.25, 0.3) is 5.75 Å². The van der Waals surface area contributed by atoms with E-state index < -0.39 is 78.2 Å². The van der Waals surface area contributed by atoms with Crippen LogP contribution in [0.4, 0.5) is 11.4 Å². The number of carbonyl (C=O) groups excluding carboxylic acids is 2. The van der Waals surface area contributed by atoms with E-state index in [9.17, 15) is 49.6 Å². The first-order chi connectivity index (χ1) is 26.9. The maximum atomic E-state index is 12.7. The molecule has 0 saturated carbocycles. The number of carbonyl (C=O) groups is 2. The van der Waals surface area contributed by atoms with E-state index in [0.29, 0.717) is 11.0 Å². The number of ether oxygens (including phenoxy) is 2. The fourth-order valence-electron chi connectivity index (χ4n) is 5.01. The zero-order chi connectivity index (χ0) is 43.0. The molecule has 0 fully saturated rings. The SMILES string of the molecule is Cc1ccc2oc(=O)c(-c3cc(O)c(O)c([N+](=O)[O-])c3)nc2c1.Cc1ccc2oc(=O)c(-c3cc(OC(=O)C(C)(C)C)c(OC(=O)C(C)(C)C)c([N+](=O)[O-])c3)nc2c1. The van der Waals surface area contributed by atoms with E-state index >= 15 is 0 Å². The van der Waals surface area contributed by atoms with E-state index in [0.717, 1.165) is 29.3 Å². The van der Waals surface area contributed by atoms with Crippen molar-refractivity contribution in [2.24, 2.45) is 10.8 Å². The second-order valence-electron chi connectivity index (χ2n) is 15.1. The molecule has 18 nitrogen and oxygen atoms in total. The second-order valence-corrected chi connectivity index (χ2v) is 15.1. The monoisotopic (exact) mass is 796 g/mol. The Morgan fingerprint density at radius 2 is 1.09 bits per heavy atom. The van der Waals surface area contributed by atoms with E-state index in [1.54, 1.807) is 77.9 Å². The van der Waals surface area contributed by atoms with Gasteiger partial charge in [0, 0.05) is 23.3 Å². The van der Waals surface area contributed by atoms with Gasteiger partial charge in [-0.1, -0.05) is 12.1 Å². The topological polar surface area (TPSA) is 266 Å². The normalized spacial score (nSPS) is 11.4. The van der Waals surface area contributed by atoms with Crippen molar-refractivity contribution in [1.29, 1.82) is 0 Å². The van der Waals surface area contributed by atoms with Crippen LogP contribution < -0.4 is 20.7 Å².